The summed E-state index contributed by atoms with van der Waals surface area (Å²) in [6, 6.07) is 3.74. The van der Waals surface area contributed by atoms with Gasteiger partial charge in [0, 0.05) is 15.7 Å². The van der Waals surface area contributed by atoms with E-state index in [9.17, 15) is 12.8 Å². The molecular weight excluding hydrogens is 337 g/mol. The Labute approximate surface area is 118 Å². The van der Waals surface area contributed by atoms with Crippen molar-refractivity contribution in [1.29, 1.82) is 0 Å². The van der Waals surface area contributed by atoms with E-state index in [4.69, 9.17) is 0 Å². The molecular formula is C11H11BrFN3O2S. The van der Waals surface area contributed by atoms with Crippen molar-refractivity contribution in [2.24, 2.45) is 0 Å². The summed E-state index contributed by atoms with van der Waals surface area (Å²) in [5.41, 5.74) is 1.41. The molecule has 0 saturated carbocycles. The maximum atomic E-state index is 13.7. The highest BCUT2D eigenvalue weighted by Crippen LogP contribution is 2.23. The Morgan fingerprint density at radius 2 is 2.05 bits per heavy atom. The number of halogens is 2. The number of aryl methyl sites for hydroxylation is 1. The van der Waals surface area contributed by atoms with Crippen molar-refractivity contribution < 1.29 is 12.8 Å². The number of rotatable bonds is 3. The first kappa shape index (κ1) is 14.0. The molecule has 1 heterocycles. The molecule has 0 atom stereocenters. The third kappa shape index (κ3) is 2.79. The summed E-state index contributed by atoms with van der Waals surface area (Å²) >= 11 is 3.07. The first-order chi connectivity index (χ1) is 8.81. The topological polar surface area (TPSA) is 74.8 Å². The molecule has 2 rings (SSSR count). The summed E-state index contributed by atoms with van der Waals surface area (Å²) in [5.74, 6) is -0.661. The van der Waals surface area contributed by atoms with E-state index in [1.807, 2.05) is 0 Å². The fraction of sp³-hybridized carbons (Fsp3) is 0.182. The zero-order valence-electron chi connectivity index (χ0n) is 10.2. The monoisotopic (exact) mass is 347 g/mol. The van der Waals surface area contributed by atoms with Crippen LogP contribution in [-0.2, 0) is 10.0 Å². The van der Waals surface area contributed by atoms with E-state index in [1.165, 1.54) is 12.1 Å². The van der Waals surface area contributed by atoms with Crippen LogP contribution in [0.4, 0.5) is 10.2 Å². The van der Waals surface area contributed by atoms with Crippen molar-refractivity contribution >= 4 is 31.8 Å². The van der Waals surface area contributed by atoms with Gasteiger partial charge in [-0.1, -0.05) is 15.9 Å². The predicted molar refractivity (Wildman–Crippen MR) is 73.0 cm³/mol. The number of nitrogens with zero attached hydrogens (tertiary/aromatic N) is 1. The number of aromatic nitrogens is 2. The number of sulfonamides is 1. The summed E-state index contributed by atoms with van der Waals surface area (Å²) in [6.45, 7) is 3.48. The second-order valence-electron chi connectivity index (χ2n) is 4.00. The SMILES string of the molecule is Cc1[nH]nc(NS(=O)(=O)c2ccc(Br)cc2F)c1C. The summed E-state index contributed by atoms with van der Waals surface area (Å²) in [6.07, 6.45) is 0. The Balaban J connectivity index is 2.41. The van der Waals surface area contributed by atoms with Gasteiger partial charge in [-0.3, -0.25) is 9.82 Å². The number of anilines is 1. The lowest BCUT2D eigenvalue weighted by atomic mass is 10.3. The van der Waals surface area contributed by atoms with Gasteiger partial charge in [-0.05, 0) is 32.0 Å². The number of hydrogen-bond donors (Lipinski definition) is 2. The summed E-state index contributed by atoms with van der Waals surface area (Å²) < 4.78 is 40.6. The van der Waals surface area contributed by atoms with Crippen LogP contribution in [0.2, 0.25) is 0 Å². The zero-order chi connectivity index (χ0) is 14.2. The van der Waals surface area contributed by atoms with Crippen LogP contribution in [0.3, 0.4) is 0 Å². The Hall–Kier alpha value is -1.41. The molecule has 0 bridgehead atoms. The average molecular weight is 348 g/mol. The maximum Gasteiger partial charge on any atom is 0.266 e. The Morgan fingerprint density at radius 3 is 2.58 bits per heavy atom. The lowest BCUT2D eigenvalue weighted by Crippen LogP contribution is -2.15. The zero-order valence-corrected chi connectivity index (χ0v) is 12.6. The fourth-order valence-electron chi connectivity index (χ4n) is 1.46. The van der Waals surface area contributed by atoms with Crippen molar-refractivity contribution in [2.45, 2.75) is 18.7 Å². The number of hydrogen-bond acceptors (Lipinski definition) is 3. The molecule has 19 heavy (non-hydrogen) atoms. The maximum absolute atomic E-state index is 13.7. The average Bonchev–Trinajstić information content (AvgIpc) is 2.60. The van der Waals surface area contributed by atoms with Gasteiger partial charge in [0.15, 0.2) is 5.82 Å². The molecule has 102 valence electrons. The molecule has 0 aliphatic rings. The smallest absolute Gasteiger partial charge is 0.266 e. The van der Waals surface area contributed by atoms with Crippen molar-refractivity contribution in [3.63, 3.8) is 0 Å². The normalized spacial score (nSPS) is 11.6. The molecule has 0 amide bonds. The molecule has 2 N–H and O–H groups in total. The third-order valence-corrected chi connectivity index (χ3v) is 4.53. The van der Waals surface area contributed by atoms with E-state index >= 15 is 0 Å². The molecule has 0 spiro atoms. The molecule has 0 aliphatic carbocycles. The van der Waals surface area contributed by atoms with E-state index in [-0.39, 0.29) is 5.82 Å². The standard InChI is InChI=1S/C11H11BrFN3O2S/c1-6-7(2)14-15-11(6)16-19(17,18)10-4-3-8(12)5-9(10)13/h3-5H,1-2H3,(H2,14,15,16). The van der Waals surface area contributed by atoms with Crippen LogP contribution in [0.5, 0.6) is 0 Å². The molecule has 5 nitrogen and oxygen atoms in total. The van der Waals surface area contributed by atoms with Gasteiger partial charge >= 0.3 is 0 Å². The van der Waals surface area contributed by atoms with Gasteiger partial charge < -0.3 is 0 Å². The number of aromatic amines is 1. The Kier molecular flexibility index (Phi) is 3.64. The second kappa shape index (κ2) is 4.93. The molecule has 0 unspecified atom stereocenters. The van der Waals surface area contributed by atoms with E-state index < -0.39 is 20.7 Å². The third-order valence-electron chi connectivity index (χ3n) is 2.67. The van der Waals surface area contributed by atoms with Crippen molar-refractivity contribution in [3.8, 4) is 0 Å². The second-order valence-corrected chi connectivity index (χ2v) is 6.57. The van der Waals surface area contributed by atoms with Gasteiger partial charge in [0.1, 0.15) is 10.7 Å². The highest BCUT2D eigenvalue weighted by Gasteiger charge is 2.21. The molecule has 1 aromatic heterocycles. The van der Waals surface area contributed by atoms with E-state index in [0.29, 0.717) is 10.0 Å². The van der Waals surface area contributed by atoms with Crippen LogP contribution in [-0.4, -0.2) is 18.6 Å². The highest BCUT2D eigenvalue weighted by atomic mass is 79.9. The lowest BCUT2D eigenvalue weighted by Gasteiger charge is -2.07. The first-order valence-corrected chi connectivity index (χ1v) is 7.58. The minimum absolute atomic E-state index is 0.166. The predicted octanol–water partition coefficient (Wildman–Crippen LogP) is 2.73. The van der Waals surface area contributed by atoms with Crippen LogP contribution < -0.4 is 4.72 Å². The van der Waals surface area contributed by atoms with E-state index in [2.05, 4.69) is 30.8 Å². The van der Waals surface area contributed by atoms with Crippen LogP contribution in [0.25, 0.3) is 0 Å². The number of nitrogens with one attached hydrogen (secondary N) is 2. The van der Waals surface area contributed by atoms with E-state index in [0.717, 1.165) is 11.8 Å². The van der Waals surface area contributed by atoms with Crippen LogP contribution in [0, 0.1) is 19.7 Å². The number of H-pyrrole nitrogens is 1. The van der Waals surface area contributed by atoms with Crippen molar-refractivity contribution in [1.82, 2.24) is 10.2 Å². The Morgan fingerprint density at radius 1 is 1.37 bits per heavy atom. The van der Waals surface area contributed by atoms with Crippen LogP contribution >= 0.6 is 15.9 Å². The summed E-state index contributed by atoms with van der Waals surface area (Å²) in [7, 11) is -4.00. The van der Waals surface area contributed by atoms with Crippen LogP contribution in [0.15, 0.2) is 27.6 Å². The van der Waals surface area contributed by atoms with Gasteiger partial charge in [0.25, 0.3) is 10.0 Å². The van der Waals surface area contributed by atoms with Gasteiger partial charge in [0.2, 0.25) is 0 Å². The highest BCUT2D eigenvalue weighted by molar-refractivity contribution is 9.10. The van der Waals surface area contributed by atoms with Crippen LogP contribution in [0.1, 0.15) is 11.3 Å². The van der Waals surface area contributed by atoms with Gasteiger partial charge in [0.05, 0.1) is 0 Å². The largest absolute Gasteiger partial charge is 0.280 e. The minimum Gasteiger partial charge on any atom is -0.280 e. The van der Waals surface area contributed by atoms with Gasteiger partial charge in [-0.15, -0.1) is 0 Å². The summed E-state index contributed by atoms with van der Waals surface area (Å²) in [5, 5.41) is 6.48. The van der Waals surface area contributed by atoms with Gasteiger partial charge in [-0.2, -0.15) is 5.10 Å². The van der Waals surface area contributed by atoms with Crippen molar-refractivity contribution in [3.05, 3.63) is 39.7 Å². The van der Waals surface area contributed by atoms with E-state index in [1.54, 1.807) is 13.8 Å². The molecule has 2 aromatic rings. The fourth-order valence-corrected chi connectivity index (χ4v) is 2.92. The Bertz CT molecular complexity index is 728. The van der Waals surface area contributed by atoms with Crippen molar-refractivity contribution in [2.75, 3.05) is 4.72 Å². The molecule has 1 aromatic carbocycles. The molecule has 8 heteroatoms. The summed E-state index contributed by atoms with van der Waals surface area (Å²) in [4.78, 5) is -0.421. The minimum atomic E-state index is -4.00. The molecule has 0 saturated heterocycles. The quantitative estimate of drug-likeness (QED) is 0.896. The van der Waals surface area contributed by atoms with Gasteiger partial charge in [-0.25, -0.2) is 12.8 Å². The first-order valence-electron chi connectivity index (χ1n) is 5.30. The molecule has 0 fully saturated rings. The lowest BCUT2D eigenvalue weighted by molar-refractivity contribution is 0.569. The number of benzene rings is 1. The molecule has 0 aliphatic heterocycles. The molecule has 0 radical (unpaired) electrons.